The number of carbonyl (C=O) groups is 2. The van der Waals surface area contributed by atoms with Crippen molar-refractivity contribution >= 4 is 52.5 Å². The van der Waals surface area contributed by atoms with Crippen LogP contribution in [0.15, 0.2) is 24.3 Å². The minimum Gasteiger partial charge on any atom is -0.452 e. The van der Waals surface area contributed by atoms with Crippen molar-refractivity contribution in [2.45, 2.75) is 6.92 Å². The lowest BCUT2D eigenvalue weighted by Gasteiger charge is -2.07. The molecule has 1 N–H and O–H groups in total. The molecule has 0 saturated heterocycles. The first kappa shape index (κ1) is 20.4. The largest absolute Gasteiger partial charge is 0.452 e. The second-order valence-electron chi connectivity index (χ2n) is 5.32. The molecular weight excluding hydrogens is 399 g/mol. The van der Waals surface area contributed by atoms with Crippen LogP contribution in [0.2, 0.25) is 10.2 Å². The number of carbonyl (C=O) groups excluding carboxylic acids is 2. The number of nitro benzene ring substituents is 1. The van der Waals surface area contributed by atoms with E-state index in [2.05, 4.69) is 10.4 Å². The van der Waals surface area contributed by atoms with Gasteiger partial charge >= 0.3 is 5.97 Å². The Labute approximate surface area is 163 Å². The van der Waals surface area contributed by atoms with Crippen LogP contribution < -0.4 is 5.32 Å². The predicted molar refractivity (Wildman–Crippen MR) is 99.7 cm³/mol. The second kappa shape index (κ2) is 8.65. The maximum Gasteiger partial charge on any atom is 0.331 e. The zero-order valence-electron chi connectivity index (χ0n) is 14.2. The van der Waals surface area contributed by atoms with E-state index in [1.54, 1.807) is 14.0 Å². The summed E-state index contributed by atoms with van der Waals surface area (Å²) in [6, 6.07) is 3.58. The van der Waals surface area contributed by atoms with Gasteiger partial charge in [0, 0.05) is 30.8 Å². The van der Waals surface area contributed by atoms with Crippen LogP contribution in [-0.4, -0.2) is 33.2 Å². The molecule has 0 atom stereocenters. The third-order valence-corrected chi connectivity index (χ3v) is 4.13. The minimum atomic E-state index is -0.751. The Bertz CT molecular complexity index is 939. The molecule has 0 aliphatic rings. The molecule has 142 valence electrons. The van der Waals surface area contributed by atoms with Crippen molar-refractivity contribution in [2.75, 3.05) is 11.9 Å². The van der Waals surface area contributed by atoms with Crippen LogP contribution in [0.4, 0.5) is 11.4 Å². The number of hydrogen-bond acceptors (Lipinski definition) is 6. The average Bonchev–Trinajstić information content (AvgIpc) is 2.85. The van der Waals surface area contributed by atoms with Crippen molar-refractivity contribution in [2.24, 2.45) is 7.05 Å². The Morgan fingerprint density at radius 2 is 2.11 bits per heavy atom. The summed E-state index contributed by atoms with van der Waals surface area (Å²) >= 11 is 11.9. The van der Waals surface area contributed by atoms with E-state index in [0.717, 1.165) is 12.1 Å². The molecular formula is C16H14Cl2N4O5. The molecule has 11 heteroatoms. The van der Waals surface area contributed by atoms with Gasteiger partial charge in [0.2, 0.25) is 0 Å². The molecule has 0 fully saturated rings. The van der Waals surface area contributed by atoms with Crippen molar-refractivity contribution in [3.05, 3.63) is 55.8 Å². The van der Waals surface area contributed by atoms with E-state index in [0.29, 0.717) is 16.4 Å². The highest BCUT2D eigenvalue weighted by molar-refractivity contribution is 6.34. The fraction of sp³-hybridized carbons (Fsp3) is 0.188. The highest BCUT2D eigenvalue weighted by atomic mass is 35.5. The fourth-order valence-corrected chi connectivity index (χ4v) is 2.54. The average molecular weight is 413 g/mol. The number of non-ortho nitro benzene ring substituents is 1. The van der Waals surface area contributed by atoms with E-state index in [4.69, 9.17) is 27.9 Å². The summed E-state index contributed by atoms with van der Waals surface area (Å²) in [5.41, 5.74) is 1.16. The van der Waals surface area contributed by atoms with Crippen LogP contribution in [-0.2, 0) is 21.4 Å². The summed E-state index contributed by atoms with van der Waals surface area (Å²) in [5.74, 6) is -1.40. The van der Waals surface area contributed by atoms with Crippen LogP contribution >= 0.6 is 23.2 Å². The SMILES string of the molecule is Cc1nn(C)c(Cl)c1/C=C/C(=O)OCC(=O)Nc1ccc([N+](=O)[O-])cc1Cl. The number of benzene rings is 1. The number of anilines is 1. The molecule has 2 rings (SSSR count). The number of halogens is 2. The monoisotopic (exact) mass is 412 g/mol. The highest BCUT2D eigenvalue weighted by Crippen LogP contribution is 2.26. The van der Waals surface area contributed by atoms with Gasteiger partial charge in [-0.3, -0.25) is 19.6 Å². The molecule has 0 spiro atoms. The third kappa shape index (κ3) is 5.28. The lowest BCUT2D eigenvalue weighted by Crippen LogP contribution is -2.20. The molecule has 1 amide bonds. The van der Waals surface area contributed by atoms with Gasteiger partial charge in [-0.25, -0.2) is 4.79 Å². The van der Waals surface area contributed by atoms with Crippen LogP contribution in [0.25, 0.3) is 6.08 Å². The minimum absolute atomic E-state index is 0.00883. The number of nitro groups is 1. The van der Waals surface area contributed by atoms with Crippen LogP contribution in [0, 0.1) is 17.0 Å². The number of aryl methyl sites for hydroxylation is 2. The number of esters is 1. The Hall–Kier alpha value is -2.91. The first-order valence-corrected chi connectivity index (χ1v) is 8.22. The molecule has 0 unspecified atom stereocenters. The van der Waals surface area contributed by atoms with Gasteiger partial charge in [-0.05, 0) is 19.1 Å². The van der Waals surface area contributed by atoms with Gasteiger partial charge in [0.15, 0.2) is 6.61 Å². The van der Waals surface area contributed by atoms with Gasteiger partial charge < -0.3 is 10.1 Å². The summed E-state index contributed by atoms with van der Waals surface area (Å²) in [4.78, 5) is 33.6. The summed E-state index contributed by atoms with van der Waals surface area (Å²) in [6.07, 6.45) is 2.57. The van der Waals surface area contributed by atoms with E-state index in [1.165, 1.54) is 22.9 Å². The molecule has 0 radical (unpaired) electrons. The molecule has 2 aromatic rings. The second-order valence-corrected chi connectivity index (χ2v) is 6.09. The molecule has 27 heavy (non-hydrogen) atoms. The van der Waals surface area contributed by atoms with Crippen molar-refractivity contribution in [1.29, 1.82) is 0 Å². The predicted octanol–water partition coefficient (Wildman–Crippen LogP) is 3.14. The van der Waals surface area contributed by atoms with Gasteiger partial charge in [-0.15, -0.1) is 0 Å². The van der Waals surface area contributed by atoms with Crippen molar-refractivity contribution in [3.8, 4) is 0 Å². The Morgan fingerprint density at radius 1 is 1.41 bits per heavy atom. The number of ether oxygens (including phenoxy) is 1. The molecule has 1 heterocycles. The summed E-state index contributed by atoms with van der Waals surface area (Å²) in [7, 11) is 1.67. The first-order valence-electron chi connectivity index (χ1n) is 7.46. The number of amides is 1. The Morgan fingerprint density at radius 3 is 2.67 bits per heavy atom. The molecule has 0 saturated carbocycles. The molecule has 1 aromatic heterocycles. The maximum absolute atomic E-state index is 11.8. The van der Waals surface area contributed by atoms with Crippen LogP contribution in [0.3, 0.4) is 0 Å². The summed E-state index contributed by atoms with van der Waals surface area (Å²) < 4.78 is 6.29. The zero-order chi connectivity index (χ0) is 20.1. The fourth-order valence-electron chi connectivity index (χ4n) is 2.08. The Kier molecular flexibility index (Phi) is 6.54. The van der Waals surface area contributed by atoms with Gasteiger partial charge in [0.1, 0.15) is 5.15 Å². The smallest absolute Gasteiger partial charge is 0.331 e. The van der Waals surface area contributed by atoms with E-state index in [9.17, 15) is 19.7 Å². The van der Waals surface area contributed by atoms with Gasteiger partial charge in [0.05, 0.1) is 21.3 Å². The summed E-state index contributed by atoms with van der Waals surface area (Å²) in [6.45, 7) is 1.18. The third-order valence-electron chi connectivity index (χ3n) is 3.37. The van der Waals surface area contributed by atoms with E-state index in [-0.39, 0.29) is 16.4 Å². The molecule has 9 nitrogen and oxygen atoms in total. The quantitative estimate of drug-likeness (QED) is 0.337. The lowest BCUT2D eigenvalue weighted by molar-refractivity contribution is -0.384. The molecule has 1 aromatic carbocycles. The number of hydrogen-bond donors (Lipinski definition) is 1. The number of nitrogens with zero attached hydrogens (tertiary/aromatic N) is 3. The zero-order valence-corrected chi connectivity index (χ0v) is 15.7. The maximum atomic E-state index is 11.8. The van der Waals surface area contributed by atoms with Crippen molar-refractivity contribution in [1.82, 2.24) is 9.78 Å². The van der Waals surface area contributed by atoms with Crippen molar-refractivity contribution < 1.29 is 19.2 Å². The lowest BCUT2D eigenvalue weighted by atomic mass is 10.2. The van der Waals surface area contributed by atoms with Gasteiger partial charge in [0.25, 0.3) is 11.6 Å². The molecule has 0 aliphatic carbocycles. The highest BCUT2D eigenvalue weighted by Gasteiger charge is 2.13. The molecule has 0 aliphatic heterocycles. The molecule has 0 bridgehead atoms. The topological polar surface area (TPSA) is 116 Å². The number of nitrogens with one attached hydrogen (secondary N) is 1. The Balaban J connectivity index is 1.91. The van der Waals surface area contributed by atoms with Crippen molar-refractivity contribution in [3.63, 3.8) is 0 Å². The number of rotatable bonds is 6. The van der Waals surface area contributed by atoms with Crippen LogP contribution in [0.1, 0.15) is 11.3 Å². The van der Waals surface area contributed by atoms with E-state index < -0.39 is 23.4 Å². The first-order chi connectivity index (χ1) is 12.7. The van der Waals surface area contributed by atoms with Gasteiger partial charge in [-0.1, -0.05) is 23.2 Å². The van der Waals surface area contributed by atoms with E-state index >= 15 is 0 Å². The normalized spacial score (nSPS) is 10.8. The number of aromatic nitrogens is 2. The summed E-state index contributed by atoms with van der Waals surface area (Å²) in [5, 5.41) is 17.5. The van der Waals surface area contributed by atoms with E-state index in [1.807, 2.05) is 0 Å². The van der Waals surface area contributed by atoms with Gasteiger partial charge in [-0.2, -0.15) is 5.10 Å². The van der Waals surface area contributed by atoms with Crippen LogP contribution in [0.5, 0.6) is 0 Å². The standard InChI is InChI=1S/C16H14Cl2N4O5/c1-9-11(16(18)21(2)20-9)4-6-15(24)27-8-14(23)19-13-5-3-10(22(25)26)7-12(13)17/h3-7H,8H2,1-2H3,(H,19,23)/b6-4+.